The first kappa shape index (κ1) is 28.5. The average molecular weight is 550 g/mol. The SMILES string of the molecule is COC(=O)c1ccccc1Br.COC(=O)c1cccnc1-c1ccccc1.OB(O)c1ccccc1. The van der Waals surface area contributed by atoms with Gasteiger partial charge in [0.2, 0.25) is 0 Å². The van der Waals surface area contributed by atoms with E-state index in [1.165, 1.54) is 14.2 Å². The number of carbonyl (C=O) groups excluding carboxylic acids is 2. The Labute approximate surface area is 218 Å². The second kappa shape index (κ2) is 15.3. The van der Waals surface area contributed by atoms with Gasteiger partial charge in [0.25, 0.3) is 0 Å². The summed E-state index contributed by atoms with van der Waals surface area (Å²) in [6, 6.07) is 28.8. The highest BCUT2D eigenvalue weighted by Gasteiger charge is 2.13. The number of ether oxygens (including phenoxy) is 2. The number of halogens is 1. The van der Waals surface area contributed by atoms with Gasteiger partial charge in [-0.3, -0.25) is 4.98 Å². The van der Waals surface area contributed by atoms with Crippen LogP contribution in [-0.2, 0) is 9.47 Å². The van der Waals surface area contributed by atoms with Gasteiger partial charge in [0.1, 0.15) is 0 Å². The molecule has 0 unspecified atom stereocenters. The largest absolute Gasteiger partial charge is 0.488 e. The molecule has 0 saturated heterocycles. The fourth-order valence-electron chi connectivity index (χ4n) is 2.87. The van der Waals surface area contributed by atoms with E-state index in [0.717, 1.165) is 10.0 Å². The Balaban J connectivity index is 0.000000200. The van der Waals surface area contributed by atoms with Crippen molar-refractivity contribution in [2.24, 2.45) is 0 Å². The second-order valence-corrected chi connectivity index (χ2v) is 7.87. The lowest BCUT2D eigenvalue weighted by atomic mass is 9.81. The van der Waals surface area contributed by atoms with Gasteiger partial charge in [-0.15, -0.1) is 0 Å². The van der Waals surface area contributed by atoms with E-state index < -0.39 is 7.12 Å². The molecule has 0 saturated carbocycles. The van der Waals surface area contributed by atoms with Crippen molar-refractivity contribution in [2.75, 3.05) is 14.2 Å². The van der Waals surface area contributed by atoms with Gasteiger partial charge in [-0.05, 0) is 45.7 Å². The molecule has 184 valence electrons. The van der Waals surface area contributed by atoms with E-state index in [9.17, 15) is 9.59 Å². The minimum Gasteiger partial charge on any atom is -0.465 e. The molecule has 9 heteroatoms. The summed E-state index contributed by atoms with van der Waals surface area (Å²) in [6.45, 7) is 0. The molecule has 1 aromatic heterocycles. The van der Waals surface area contributed by atoms with E-state index in [2.05, 4.69) is 25.7 Å². The van der Waals surface area contributed by atoms with Crippen LogP contribution in [0, 0.1) is 0 Å². The van der Waals surface area contributed by atoms with Crippen LogP contribution < -0.4 is 5.46 Å². The topological polar surface area (TPSA) is 106 Å². The van der Waals surface area contributed by atoms with Crippen molar-refractivity contribution >= 4 is 40.4 Å². The Morgan fingerprint density at radius 2 is 1.22 bits per heavy atom. The molecule has 3 aromatic carbocycles. The molecule has 0 aliphatic rings. The zero-order valence-electron chi connectivity index (χ0n) is 19.7. The van der Waals surface area contributed by atoms with Crippen LogP contribution in [-0.4, -0.2) is 48.3 Å². The van der Waals surface area contributed by atoms with Crippen LogP contribution in [0.2, 0.25) is 0 Å². The lowest BCUT2D eigenvalue weighted by Gasteiger charge is -2.06. The van der Waals surface area contributed by atoms with Gasteiger partial charge in [0.15, 0.2) is 0 Å². The Kier molecular flexibility index (Phi) is 12.1. The maximum absolute atomic E-state index is 11.5. The average Bonchev–Trinajstić information content (AvgIpc) is 2.94. The zero-order valence-corrected chi connectivity index (χ0v) is 21.3. The van der Waals surface area contributed by atoms with E-state index in [1.54, 1.807) is 60.8 Å². The minimum absolute atomic E-state index is 0.322. The van der Waals surface area contributed by atoms with Crippen LogP contribution in [0.25, 0.3) is 11.3 Å². The first-order valence-electron chi connectivity index (χ1n) is 10.7. The number of pyridine rings is 1. The summed E-state index contributed by atoms with van der Waals surface area (Å²) in [7, 11) is 1.39. The molecular formula is C27H25BBrNO6. The molecule has 0 radical (unpaired) electrons. The predicted octanol–water partition coefficient (Wildman–Crippen LogP) is 4.14. The first-order valence-corrected chi connectivity index (χ1v) is 11.5. The normalized spacial score (nSPS) is 9.47. The predicted molar refractivity (Wildman–Crippen MR) is 143 cm³/mol. The highest BCUT2D eigenvalue weighted by atomic mass is 79.9. The van der Waals surface area contributed by atoms with E-state index in [-0.39, 0.29) is 11.9 Å². The number of hydrogen-bond acceptors (Lipinski definition) is 7. The van der Waals surface area contributed by atoms with Gasteiger partial charge >= 0.3 is 19.1 Å². The van der Waals surface area contributed by atoms with Crippen LogP contribution >= 0.6 is 15.9 Å². The van der Waals surface area contributed by atoms with Gasteiger partial charge in [-0.25, -0.2) is 9.59 Å². The summed E-state index contributed by atoms with van der Waals surface area (Å²) < 4.78 is 10.0. The summed E-state index contributed by atoms with van der Waals surface area (Å²) in [5.41, 5.74) is 3.11. The van der Waals surface area contributed by atoms with Crippen LogP contribution in [0.5, 0.6) is 0 Å². The quantitative estimate of drug-likeness (QED) is 0.291. The van der Waals surface area contributed by atoms with Gasteiger partial charge in [-0.1, -0.05) is 72.8 Å². The summed E-state index contributed by atoms with van der Waals surface area (Å²) in [5, 5.41) is 17.2. The van der Waals surface area contributed by atoms with Crippen LogP contribution in [0.3, 0.4) is 0 Å². The molecule has 2 N–H and O–H groups in total. The molecule has 0 aliphatic carbocycles. The monoisotopic (exact) mass is 549 g/mol. The molecular weight excluding hydrogens is 525 g/mol. The molecule has 0 fully saturated rings. The third-order valence-corrected chi connectivity index (χ3v) is 5.33. The zero-order chi connectivity index (χ0) is 26.3. The second-order valence-electron chi connectivity index (χ2n) is 7.01. The van der Waals surface area contributed by atoms with Crippen LogP contribution in [0.4, 0.5) is 0 Å². The van der Waals surface area contributed by atoms with Crippen molar-refractivity contribution in [1.82, 2.24) is 4.98 Å². The summed E-state index contributed by atoms with van der Waals surface area (Å²) in [5.74, 6) is -0.690. The van der Waals surface area contributed by atoms with Gasteiger partial charge in [-0.2, -0.15) is 0 Å². The van der Waals surface area contributed by atoms with Crippen LogP contribution in [0.15, 0.2) is 108 Å². The molecule has 0 amide bonds. The molecule has 4 aromatic rings. The fraction of sp³-hybridized carbons (Fsp3) is 0.0741. The number of aromatic nitrogens is 1. The van der Waals surface area contributed by atoms with E-state index in [0.29, 0.717) is 22.3 Å². The number of nitrogens with zero attached hydrogens (tertiary/aromatic N) is 1. The number of carbonyl (C=O) groups is 2. The summed E-state index contributed by atoms with van der Waals surface area (Å²) in [4.78, 5) is 26.7. The van der Waals surface area contributed by atoms with E-state index in [1.807, 2.05) is 42.5 Å². The highest BCUT2D eigenvalue weighted by Crippen LogP contribution is 2.21. The smallest absolute Gasteiger partial charge is 0.465 e. The molecule has 0 spiro atoms. The Morgan fingerprint density at radius 3 is 1.75 bits per heavy atom. The number of methoxy groups -OCH3 is 2. The highest BCUT2D eigenvalue weighted by molar-refractivity contribution is 9.10. The number of hydrogen-bond donors (Lipinski definition) is 2. The third kappa shape index (κ3) is 8.77. The van der Waals surface area contributed by atoms with Crippen molar-refractivity contribution in [1.29, 1.82) is 0 Å². The maximum Gasteiger partial charge on any atom is 0.488 e. The molecule has 0 bridgehead atoms. The molecule has 4 rings (SSSR count). The van der Waals surface area contributed by atoms with Crippen molar-refractivity contribution in [3.8, 4) is 11.3 Å². The fourth-order valence-corrected chi connectivity index (χ4v) is 3.31. The number of benzene rings is 3. The Morgan fingerprint density at radius 1 is 0.722 bits per heavy atom. The lowest BCUT2D eigenvalue weighted by molar-refractivity contribution is 0.0591. The van der Waals surface area contributed by atoms with Crippen LogP contribution in [0.1, 0.15) is 20.7 Å². The van der Waals surface area contributed by atoms with Gasteiger partial charge in [0.05, 0.1) is 31.0 Å². The maximum atomic E-state index is 11.5. The van der Waals surface area contributed by atoms with E-state index >= 15 is 0 Å². The molecule has 0 aliphatic heterocycles. The first-order chi connectivity index (χ1) is 17.4. The Hall–Kier alpha value is -3.79. The van der Waals surface area contributed by atoms with E-state index in [4.69, 9.17) is 14.8 Å². The molecule has 0 atom stereocenters. The summed E-state index contributed by atoms with van der Waals surface area (Å²) in [6.07, 6.45) is 1.66. The standard InChI is InChI=1S/C13H11NO2.C8H7BrO2.C6H7BO2/c1-16-13(15)11-8-5-9-14-12(11)10-6-3-2-4-7-10;1-11-8(10)6-4-2-3-5-7(6)9;8-7(9)6-4-2-1-3-5-6/h2-9H,1H3;2-5H,1H3;1-5,8-9H. The van der Waals surface area contributed by atoms with Crippen molar-refractivity contribution in [2.45, 2.75) is 0 Å². The van der Waals surface area contributed by atoms with Crippen molar-refractivity contribution in [3.05, 3.63) is 119 Å². The van der Waals surface area contributed by atoms with Crippen molar-refractivity contribution in [3.63, 3.8) is 0 Å². The molecule has 36 heavy (non-hydrogen) atoms. The molecule has 1 heterocycles. The third-order valence-electron chi connectivity index (χ3n) is 4.64. The van der Waals surface area contributed by atoms with Gasteiger partial charge < -0.3 is 19.5 Å². The number of rotatable bonds is 4. The lowest BCUT2D eigenvalue weighted by Crippen LogP contribution is -2.29. The molecule has 7 nitrogen and oxygen atoms in total. The number of esters is 2. The Bertz CT molecular complexity index is 1240. The van der Waals surface area contributed by atoms with Gasteiger partial charge in [0, 0.05) is 16.2 Å². The van der Waals surface area contributed by atoms with Crippen molar-refractivity contribution < 1.29 is 29.1 Å². The minimum atomic E-state index is -1.34. The summed E-state index contributed by atoms with van der Waals surface area (Å²) >= 11 is 3.24.